The van der Waals surface area contributed by atoms with Crippen molar-refractivity contribution in [3.8, 4) is 0 Å². The number of nitrogens with one attached hydrogen (secondary N) is 2. The summed E-state index contributed by atoms with van der Waals surface area (Å²) in [5.74, 6) is 0.809. The number of carbonyl (C=O) groups excluding carboxylic acids is 1. The number of para-hydroxylation sites is 2. The molecule has 2 aliphatic rings. The highest BCUT2D eigenvalue weighted by Crippen LogP contribution is 2.29. The van der Waals surface area contributed by atoms with E-state index in [0.717, 1.165) is 44.0 Å². The van der Waals surface area contributed by atoms with Crippen molar-refractivity contribution in [3.63, 3.8) is 0 Å². The van der Waals surface area contributed by atoms with Gasteiger partial charge in [-0.05, 0) is 64.3 Å². The monoisotopic (exact) mass is 345 g/mol. The first-order chi connectivity index (χ1) is 12.1. The smallest absolute Gasteiger partial charge is 0.224 e. The van der Waals surface area contributed by atoms with Crippen LogP contribution in [0.2, 0.25) is 0 Å². The number of nitrogens with zero attached hydrogens (tertiary/aromatic N) is 1. The van der Waals surface area contributed by atoms with E-state index in [1.54, 1.807) is 0 Å². The molecule has 1 amide bonds. The summed E-state index contributed by atoms with van der Waals surface area (Å²) in [6.07, 6.45) is 4.37. The second-order valence-electron chi connectivity index (χ2n) is 7.46. The van der Waals surface area contributed by atoms with Crippen LogP contribution in [0.25, 0.3) is 0 Å². The SMILES string of the molecule is CC1CN(c2ccccc2NC(=O)CCC2CCNCC2)CC(C)O1. The number of hydrogen-bond donors (Lipinski definition) is 2. The highest BCUT2D eigenvalue weighted by atomic mass is 16.5. The number of benzene rings is 1. The van der Waals surface area contributed by atoms with Gasteiger partial charge in [-0.2, -0.15) is 0 Å². The van der Waals surface area contributed by atoms with E-state index in [9.17, 15) is 4.79 Å². The Kier molecular flexibility index (Phi) is 6.32. The number of hydrogen-bond acceptors (Lipinski definition) is 4. The minimum Gasteiger partial charge on any atom is -0.372 e. The summed E-state index contributed by atoms with van der Waals surface area (Å²) in [4.78, 5) is 14.8. The summed E-state index contributed by atoms with van der Waals surface area (Å²) in [5.41, 5.74) is 2.01. The maximum atomic E-state index is 12.4. The van der Waals surface area contributed by atoms with E-state index in [1.165, 1.54) is 12.8 Å². The predicted octanol–water partition coefficient (Wildman–Crippen LogP) is 3.02. The van der Waals surface area contributed by atoms with Gasteiger partial charge in [-0.25, -0.2) is 0 Å². The van der Waals surface area contributed by atoms with Crippen LogP contribution in [0.1, 0.15) is 39.5 Å². The van der Waals surface area contributed by atoms with E-state index < -0.39 is 0 Å². The summed E-state index contributed by atoms with van der Waals surface area (Å²) < 4.78 is 5.83. The molecule has 5 heteroatoms. The molecule has 2 unspecified atom stereocenters. The van der Waals surface area contributed by atoms with Gasteiger partial charge in [-0.15, -0.1) is 0 Å². The first kappa shape index (κ1) is 18.2. The highest BCUT2D eigenvalue weighted by Gasteiger charge is 2.24. The van der Waals surface area contributed by atoms with Crippen molar-refractivity contribution in [2.45, 2.75) is 51.7 Å². The zero-order chi connectivity index (χ0) is 17.6. The molecule has 3 rings (SSSR count). The zero-order valence-corrected chi connectivity index (χ0v) is 15.5. The van der Waals surface area contributed by atoms with Gasteiger partial charge >= 0.3 is 0 Å². The van der Waals surface area contributed by atoms with Gasteiger partial charge in [0.15, 0.2) is 0 Å². The highest BCUT2D eigenvalue weighted by molar-refractivity contribution is 5.94. The van der Waals surface area contributed by atoms with Gasteiger partial charge in [0.1, 0.15) is 0 Å². The molecule has 138 valence electrons. The Bertz CT molecular complexity index is 562. The Hall–Kier alpha value is -1.59. The number of amides is 1. The quantitative estimate of drug-likeness (QED) is 0.861. The number of rotatable bonds is 5. The van der Waals surface area contributed by atoms with Crippen LogP contribution in [-0.2, 0) is 9.53 Å². The third kappa shape index (κ3) is 5.19. The lowest BCUT2D eigenvalue weighted by molar-refractivity contribution is -0.116. The van der Waals surface area contributed by atoms with Crippen molar-refractivity contribution in [1.29, 1.82) is 0 Å². The van der Waals surface area contributed by atoms with E-state index >= 15 is 0 Å². The van der Waals surface area contributed by atoms with Gasteiger partial charge in [-0.1, -0.05) is 12.1 Å². The van der Waals surface area contributed by atoms with E-state index in [-0.39, 0.29) is 18.1 Å². The molecular weight excluding hydrogens is 314 g/mol. The van der Waals surface area contributed by atoms with E-state index in [0.29, 0.717) is 12.3 Å². The van der Waals surface area contributed by atoms with Gasteiger partial charge in [0, 0.05) is 19.5 Å². The predicted molar refractivity (Wildman–Crippen MR) is 102 cm³/mol. The van der Waals surface area contributed by atoms with Gasteiger partial charge in [0.25, 0.3) is 0 Å². The van der Waals surface area contributed by atoms with Gasteiger partial charge in [-0.3, -0.25) is 4.79 Å². The van der Waals surface area contributed by atoms with E-state index in [2.05, 4.69) is 35.4 Å². The summed E-state index contributed by atoms with van der Waals surface area (Å²) in [6.45, 7) is 8.08. The molecule has 0 aromatic heterocycles. The van der Waals surface area contributed by atoms with Crippen molar-refractivity contribution < 1.29 is 9.53 Å². The van der Waals surface area contributed by atoms with Crippen LogP contribution >= 0.6 is 0 Å². The normalized spacial score (nSPS) is 25.0. The third-order valence-corrected chi connectivity index (χ3v) is 5.18. The van der Waals surface area contributed by atoms with Crippen LogP contribution in [-0.4, -0.2) is 44.3 Å². The molecule has 0 saturated carbocycles. The van der Waals surface area contributed by atoms with Gasteiger partial charge < -0.3 is 20.3 Å². The molecule has 25 heavy (non-hydrogen) atoms. The fraction of sp³-hybridized carbons (Fsp3) is 0.650. The lowest BCUT2D eigenvalue weighted by Crippen LogP contribution is -2.45. The molecule has 1 aromatic carbocycles. The molecule has 0 spiro atoms. The molecular formula is C20H31N3O2. The Morgan fingerprint density at radius 2 is 1.88 bits per heavy atom. The minimum atomic E-state index is 0.125. The fourth-order valence-electron chi connectivity index (χ4n) is 3.95. The standard InChI is InChI=1S/C20H31N3O2/c1-15-13-23(14-16(2)25-15)19-6-4-3-5-18(19)22-20(24)8-7-17-9-11-21-12-10-17/h3-6,15-17,21H,7-14H2,1-2H3,(H,22,24). The zero-order valence-electron chi connectivity index (χ0n) is 15.5. The van der Waals surface area contributed by atoms with E-state index in [4.69, 9.17) is 4.74 Å². The number of ether oxygens (including phenoxy) is 1. The Morgan fingerprint density at radius 3 is 2.60 bits per heavy atom. The molecule has 2 aliphatic heterocycles. The largest absolute Gasteiger partial charge is 0.372 e. The number of piperidine rings is 1. The average Bonchev–Trinajstić information content (AvgIpc) is 2.60. The lowest BCUT2D eigenvalue weighted by Gasteiger charge is -2.37. The third-order valence-electron chi connectivity index (χ3n) is 5.18. The van der Waals surface area contributed by atoms with E-state index in [1.807, 2.05) is 18.2 Å². The fourth-order valence-corrected chi connectivity index (χ4v) is 3.95. The topological polar surface area (TPSA) is 53.6 Å². The molecule has 2 fully saturated rings. The first-order valence-electron chi connectivity index (χ1n) is 9.62. The molecule has 2 N–H and O–H groups in total. The number of morpholine rings is 1. The van der Waals surface area contributed by atoms with Gasteiger partial charge in [0.05, 0.1) is 23.6 Å². The van der Waals surface area contributed by atoms with Crippen LogP contribution in [0.15, 0.2) is 24.3 Å². The van der Waals surface area contributed by atoms with Crippen molar-refractivity contribution in [2.75, 3.05) is 36.4 Å². The minimum absolute atomic E-state index is 0.125. The molecule has 5 nitrogen and oxygen atoms in total. The van der Waals surface area contributed by atoms with Crippen molar-refractivity contribution >= 4 is 17.3 Å². The molecule has 2 atom stereocenters. The van der Waals surface area contributed by atoms with Crippen molar-refractivity contribution in [2.24, 2.45) is 5.92 Å². The maximum absolute atomic E-state index is 12.4. The molecule has 0 bridgehead atoms. The second kappa shape index (κ2) is 8.68. The summed E-state index contributed by atoms with van der Waals surface area (Å²) in [6, 6.07) is 8.11. The average molecular weight is 345 g/mol. The number of carbonyl (C=O) groups is 1. The molecule has 0 radical (unpaired) electrons. The van der Waals surface area contributed by atoms with Crippen LogP contribution in [0.5, 0.6) is 0 Å². The lowest BCUT2D eigenvalue weighted by atomic mass is 9.93. The summed E-state index contributed by atoms with van der Waals surface area (Å²) in [7, 11) is 0. The van der Waals surface area contributed by atoms with Crippen molar-refractivity contribution in [3.05, 3.63) is 24.3 Å². The Labute approximate surface area is 151 Å². The van der Waals surface area contributed by atoms with Crippen LogP contribution in [0.3, 0.4) is 0 Å². The molecule has 0 aliphatic carbocycles. The summed E-state index contributed by atoms with van der Waals surface area (Å²) >= 11 is 0. The Balaban J connectivity index is 1.59. The van der Waals surface area contributed by atoms with Gasteiger partial charge in [0.2, 0.25) is 5.91 Å². The van der Waals surface area contributed by atoms with Crippen LogP contribution in [0, 0.1) is 5.92 Å². The molecule has 2 heterocycles. The Morgan fingerprint density at radius 1 is 1.20 bits per heavy atom. The number of anilines is 2. The molecule has 1 aromatic rings. The van der Waals surface area contributed by atoms with Crippen LogP contribution < -0.4 is 15.5 Å². The molecule has 2 saturated heterocycles. The summed E-state index contributed by atoms with van der Waals surface area (Å²) in [5, 5.41) is 6.52. The van der Waals surface area contributed by atoms with Crippen LogP contribution in [0.4, 0.5) is 11.4 Å². The first-order valence-corrected chi connectivity index (χ1v) is 9.62. The van der Waals surface area contributed by atoms with Crippen molar-refractivity contribution in [1.82, 2.24) is 5.32 Å². The maximum Gasteiger partial charge on any atom is 0.224 e. The second-order valence-corrected chi connectivity index (χ2v) is 7.46.